The van der Waals surface area contributed by atoms with Crippen LogP contribution in [-0.2, 0) is 0 Å². The van der Waals surface area contributed by atoms with Crippen LogP contribution in [-0.4, -0.2) is 4.57 Å². The fourth-order valence-electron chi connectivity index (χ4n) is 8.80. The van der Waals surface area contributed by atoms with Crippen molar-refractivity contribution in [2.45, 2.75) is 6.92 Å². The van der Waals surface area contributed by atoms with Crippen LogP contribution in [0.4, 0.5) is 17.1 Å². The van der Waals surface area contributed by atoms with E-state index in [9.17, 15) is 0 Å². The van der Waals surface area contributed by atoms with Gasteiger partial charge in [0.15, 0.2) is 0 Å². The van der Waals surface area contributed by atoms with Crippen molar-refractivity contribution >= 4 is 60.8 Å². The van der Waals surface area contributed by atoms with Crippen LogP contribution in [0.25, 0.3) is 82.8 Å². The molecule has 0 amide bonds. The highest BCUT2D eigenvalue weighted by atomic mass is 16.3. The Kier molecular flexibility index (Phi) is 8.04. The minimum atomic E-state index is 0.868. The molecular formula is C55H38N2O. The van der Waals surface area contributed by atoms with Gasteiger partial charge >= 0.3 is 0 Å². The van der Waals surface area contributed by atoms with Gasteiger partial charge in [-0.1, -0.05) is 152 Å². The lowest BCUT2D eigenvalue weighted by Gasteiger charge is -2.28. The second-order valence-corrected chi connectivity index (χ2v) is 15.0. The highest BCUT2D eigenvalue weighted by Gasteiger charge is 2.23. The van der Waals surface area contributed by atoms with Crippen LogP contribution in [0.15, 0.2) is 217 Å². The molecule has 0 aliphatic heterocycles. The lowest BCUT2D eigenvalue weighted by Crippen LogP contribution is -2.12. The van der Waals surface area contributed by atoms with Gasteiger partial charge in [-0.25, -0.2) is 0 Å². The molecule has 0 saturated heterocycles. The Morgan fingerprint density at radius 1 is 0.397 bits per heavy atom. The Hall–Kier alpha value is -7.62. The summed E-state index contributed by atoms with van der Waals surface area (Å²) >= 11 is 0. The molecule has 11 aromatic rings. The van der Waals surface area contributed by atoms with Gasteiger partial charge in [0.2, 0.25) is 0 Å². The number of para-hydroxylation sites is 4. The number of fused-ring (bicyclic) bond motifs is 6. The molecule has 0 N–H and O–H groups in total. The molecule has 0 saturated carbocycles. The molecule has 9 aromatic carbocycles. The second kappa shape index (κ2) is 13.8. The van der Waals surface area contributed by atoms with Gasteiger partial charge in [0, 0.05) is 49.7 Å². The molecule has 0 aliphatic rings. The van der Waals surface area contributed by atoms with Crippen molar-refractivity contribution < 1.29 is 4.42 Å². The molecule has 0 spiro atoms. The number of nitrogens with zero attached hydrogens (tertiary/aromatic N) is 2. The Morgan fingerprint density at radius 2 is 0.948 bits per heavy atom. The fraction of sp³-hybridized carbons (Fsp3) is 0.0182. The van der Waals surface area contributed by atoms with Crippen LogP contribution in [0.1, 0.15) is 5.56 Å². The molecule has 11 rings (SSSR count). The summed E-state index contributed by atoms with van der Waals surface area (Å²) in [7, 11) is 0. The number of anilines is 3. The van der Waals surface area contributed by atoms with Gasteiger partial charge < -0.3 is 13.9 Å². The third-order valence-corrected chi connectivity index (χ3v) is 11.5. The van der Waals surface area contributed by atoms with E-state index in [1.54, 1.807) is 0 Å². The number of aromatic nitrogens is 1. The zero-order valence-corrected chi connectivity index (χ0v) is 32.0. The van der Waals surface area contributed by atoms with Gasteiger partial charge in [0.05, 0.1) is 16.7 Å². The predicted octanol–water partition coefficient (Wildman–Crippen LogP) is 15.5. The minimum Gasteiger partial charge on any atom is -0.455 e. The Balaban J connectivity index is 1.18. The van der Waals surface area contributed by atoms with Crippen molar-refractivity contribution in [3.63, 3.8) is 0 Å². The van der Waals surface area contributed by atoms with Gasteiger partial charge in [0.1, 0.15) is 11.2 Å². The van der Waals surface area contributed by atoms with E-state index in [0.29, 0.717) is 0 Å². The molecule has 3 nitrogen and oxygen atoms in total. The molecule has 0 fully saturated rings. The summed E-state index contributed by atoms with van der Waals surface area (Å²) < 4.78 is 9.27. The summed E-state index contributed by atoms with van der Waals surface area (Å²) in [6.07, 6.45) is 0. The maximum Gasteiger partial charge on any atom is 0.143 e. The molecule has 2 heterocycles. The lowest BCUT2D eigenvalue weighted by atomic mass is 9.97. The zero-order chi connectivity index (χ0) is 38.6. The molecule has 0 aliphatic carbocycles. The molecule has 58 heavy (non-hydrogen) atoms. The first-order valence-corrected chi connectivity index (χ1v) is 19.8. The van der Waals surface area contributed by atoms with E-state index in [4.69, 9.17) is 4.42 Å². The Bertz CT molecular complexity index is 3230. The summed E-state index contributed by atoms with van der Waals surface area (Å²) in [5.74, 6) is 0. The second-order valence-electron chi connectivity index (χ2n) is 15.0. The number of hydrogen-bond acceptors (Lipinski definition) is 2. The van der Waals surface area contributed by atoms with E-state index in [0.717, 1.165) is 55.8 Å². The van der Waals surface area contributed by atoms with Crippen molar-refractivity contribution in [1.82, 2.24) is 4.57 Å². The van der Waals surface area contributed by atoms with Gasteiger partial charge in [-0.3, -0.25) is 0 Å². The van der Waals surface area contributed by atoms with E-state index < -0.39 is 0 Å². The lowest BCUT2D eigenvalue weighted by molar-refractivity contribution is 0.670. The van der Waals surface area contributed by atoms with E-state index >= 15 is 0 Å². The van der Waals surface area contributed by atoms with Crippen LogP contribution in [0.3, 0.4) is 0 Å². The minimum absolute atomic E-state index is 0.868. The molecule has 0 bridgehead atoms. The maximum atomic E-state index is 6.86. The normalized spacial score (nSPS) is 11.5. The van der Waals surface area contributed by atoms with Crippen molar-refractivity contribution in [2.24, 2.45) is 0 Å². The van der Waals surface area contributed by atoms with Crippen LogP contribution >= 0.6 is 0 Å². The number of benzene rings is 9. The van der Waals surface area contributed by atoms with E-state index in [2.05, 4.69) is 229 Å². The summed E-state index contributed by atoms with van der Waals surface area (Å²) in [6, 6.07) is 76.2. The van der Waals surface area contributed by atoms with E-state index in [1.807, 2.05) is 0 Å². The van der Waals surface area contributed by atoms with Crippen LogP contribution in [0.2, 0.25) is 0 Å². The third kappa shape index (κ3) is 5.59. The highest BCUT2D eigenvalue weighted by molar-refractivity contribution is 6.14. The summed E-state index contributed by atoms with van der Waals surface area (Å²) in [5.41, 5.74) is 16.5. The average molecular weight is 743 g/mol. The van der Waals surface area contributed by atoms with Crippen LogP contribution in [0.5, 0.6) is 0 Å². The first-order valence-electron chi connectivity index (χ1n) is 19.8. The van der Waals surface area contributed by atoms with Gasteiger partial charge in [0.25, 0.3) is 0 Å². The first-order chi connectivity index (χ1) is 28.7. The monoisotopic (exact) mass is 742 g/mol. The van der Waals surface area contributed by atoms with Crippen LogP contribution in [0, 0.1) is 6.92 Å². The Morgan fingerprint density at radius 3 is 1.64 bits per heavy atom. The van der Waals surface area contributed by atoms with Crippen molar-refractivity contribution in [1.29, 1.82) is 0 Å². The number of aryl methyl sites for hydroxylation is 1. The average Bonchev–Trinajstić information content (AvgIpc) is 3.84. The molecule has 0 unspecified atom stereocenters. The van der Waals surface area contributed by atoms with E-state index in [1.165, 1.54) is 49.6 Å². The van der Waals surface area contributed by atoms with E-state index in [-0.39, 0.29) is 0 Å². The van der Waals surface area contributed by atoms with Crippen LogP contribution < -0.4 is 4.90 Å². The largest absolute Gasteiger partial charge is 0.455 e. The zero-order valence-electron chi connectivity index (χ0n) is 32.0. The summed E-state index contributed by atoms with van der Waals surface area (Å²) in [4.78, 5) is 2.41. The summed E-state index contributed by atoms with van der Waals surface area (Å²) in [5, 5.41) is 4.63. The number of rotatable bonds is 7. The summed E-state index contributed by atoms with van der Waals surface area (Å²) in [6.45, 7) is 2.22. The molecular weight excluding hydrogens is 705 g/mol. The Labute approximate surface area is 337 Å². The van der Waals surface area contributed by atoms with Crippen molar-refractivity contribution in [2.75, 3.05) is 4.90 Å². The third-order valence-electron chi connectivity index (χ3n) is 11.5. The van der Waals surface area contributed by atoms with Gasteiger partial charge in [-0.05, 0) is 95.4 Å². The molecule has 0 radical (unpaired) electrons. The predicted molar refractivity (Wildman–Crippen MR) is 244 cm³/mol. The van der Waals surface area contributed by atoms with Gasteiger partial charge in [-0.2, -0.15) is 0 Å². The molecule has 274 valence electrons. The standard InChI is InChI=1S/C55H38N2O/c1-37-34-41(39-18-6-3-7-19-39)30-33-50(37)56(42-31-28-40(29-32-42)38-16-4-2-5-17-38)43-35-48(55-49(36-43)47-23-11-15-27-54(47)58-55)46-22-10-14-26-53(46)57-51-24-12-8-20-44(51)45-21-9-13-25-52(45)57/h2-36H,1H3. The van der Waals surface area contributed by atoms with Crippen molar-refractivity contribution in [3.05, 3.63) is 218 Å². The SMILES string of the molecule is Cc1cc(-c2ccccc2)ccc1N(c1ccc(-c2ccccc2)cc1)c1cc(-c2ccccc2-n2c3ccccc3c3ccccc32)c2oc3ccccc3c2c1. The van der Waals surface area contributed by atoms with Crippen molar-refractivity contribution in [3.8, 4) is 39.1 Å². The highest BCUT2D eigenvalue weighted by Crippen LogP contribution is 2.46. The molecule has 3 heteroatoms. The number of hydrogen-bond donors (Lipinski definition) is 0. The topological polar surface area (TPSA) is 21.3 Å². The fourth-order valence-corrected chi connectivity index (χ4v) is 8.80. The number of furan rings is 1. The smallest absolute Gasteiger partial charge is 0.143 e. The maximum absolute atomic E-state index is 6.86. The quantitative estimate of drug-likeness (QED) is 0.162. The first kappa shape index (κ1) is 33.7. The van der Waals surface area contributed by atoms with Gasteiger partial charge in [-0.15, -0.1) is 0 Å². The molecule has 0 atom stereocenters. The molecule has 2 aromatic heterocycles.